The second kappa shape index (κ2) is 7.66. The molecular formula is C16H24ClN3O. The summed E-state index contributed by atoms with van der Waals surface area (Å²) in [7, 11) is 1.71. The van der Waals surface area contributed by atoms with E-state index in [1.807, 2.05) is 6.07 Å². The van der Waals surface area contributed by atoms with Crippen LogP contribution in [0, 0.1) is 5.92 Å². The predicted molar refractivity (Wildman–Crippen MR) is 87.8 cm³/mol. The van der Waals surface area contributed by atoms with Crippen molar-refractivity contribution in [1.82, 2.24) is 10.6 Å². The van der Waals surface area contributed by atoms with E-state index in [9.17, 15) is 4.79 Å². The molecule has 1 aliphatic rings. The first-order chi connectivity index (χ1) is 10.2. The van der Waals surface area contributed by atoms with Gasteiger partial charge in [-0.1, -0.05) is 24.6 Å². The average molecular weight is 310 g/mol. The molecule has 0 radical (unpaired) electrons. The molecule has 5 heteroatoms. The number of nitrogens with one attached hydrogen (secondary N) is 2. The number of nitrogens with zero attached hydrogens (tertiary/aromatic N) is 1. The minimum absolute atomic E-state index is 0.148. The Morgan fingerprint density at radius 2 is 2.10 bits per heavy atom. The molecule has 0 saturated carbocycles. The number of hydrogen-bond acceptors (Lipinski definition) is 3. The normalized spacial score (nSPS) is 16.0. The van der Waals surface area contributed by atoms with Crippen LogP contribution in [0.15, 0.2) is 18.2 Å². The summed E-state index contributed by atoms with van der Waals surface area (Å²) in [6, 6.07) is 6.25. The molecule has 1 heterocycles. The van der Waals surface area contributed by atoms with Gasteiger partial charge in [-0.05, 0) is 37.1 Å². The summed E-state index contributed by atoms with van der Waals surface area (Å²) in [5, 5.41) is 6.83. The highest BCUT2D eigenvalue weighted by molar-refractivity contribution is 6.31. The second-order valence-electron chi connectivity index (χ2n) is 5.43. The molecule has 116 valence electrons. The van der Waals surface area contributed by atoms with E-state index in [-0.39, 0.29) is 11.8 Å². The third-order valence-corrected chi connectivity index (χ3v) is 4.43. The lowest BCUT2D eigenvalue weighted by Crippen LogP contribution is -2.39. The first-order valence-corrected chi connectivity index (χ1v) is 7.99. The fourth-order valence-corrected chi connectivity index (χ4v) is 2.98. The van der Waals surface area contributed by atoms with E-state index in [0.29, 0.717) is 0 Å². The highest BCUT2D eigenvalue weighted by Crippen LogP contribution is 2.27. The van der Waals surface area contributed by atoms with Crippen LogP contribution in [0.1, 0.15) is 25.3 Å². The Balaban J connectivity index is 1.97. The molecule has 0 spiro atoms. The molecule has 0 aromatic heterocycles. The van der Waals surface area contributed by atoms with Gasteiger partial charge in [0.2, 0.25) is 5.91 Å². The molecule has 1 aliphatic heterocycles. The Kier molecular flexibility index (Phi) is 5.88. The summed E-state index contributed by atoms with van der Waals surface area (Å²) in [6.45, 7) is 5.63. The third kappa shape index (κ3) is 4.11. The number of carbonyl (C=O) groups is 1. The maximum atomic E-state index is 11.7. The molecule has 21 heavy (non-hydrogen) atoms. The number of carbonyl (C=O) groups excluding carboxylic acids is 1. The molecular weight excluding hydrogens is 286 g/mol. The maximum absolute atomic E-state index is 11.7. The number of anilines is 1. The Morgan fingerprint density at radius 3 is 2.67 bits per heavy atom. The topological polar surface area (TPSA) is 44.4 Å². The van der Waals surface area contributed by atoms with Crippen molar-refractivity contribution < 1.29 is 4.79 Å². The number of halogens is 1. The van der Waals surface area contributed by atoms with Crippen LogP contribution in [0.4, 0.5) is 5.69 Å². The molecule has 0 bridgehead atoms. The quantitative estimate of drug-likeness (QED) is 0.878. The van der Waals surface area contributed by atoms with Crippen LogP contribution in [0.25, 0.3) is 0 Å². The van der Waals surface area contributed by atoms with E-state index < -0.39 is 0 Å². The summed E-state index contributed by atoms with van der Waals surface area (Å²) < 4.78 is 0. The van der Waals surface area contributed by atoms with E-state index in [2.05, 4.69) is 34.6 Å². The zero-order chi connectivity index (χ0) is 15.2. The minimum Gasteiger partial charge on any atom is -0.371 e. The Hall–Kier alpha value is -1.26. The van der Waals surface area contributed by atoms with Gasteiger partial charge < -0.3 is 15.5 Å². The zero-order valence-corrected chi connectivity index (χ0v) is 13.5. The molecule has 4 nitrogen and oxygen atoms in total. The number of hydrogen-bond donors (Lipinski definition) is 2. The van der Waals surface area contributed by atoms with Gasteiger partial charge >= 0.3 is 0 Å². The van der Waals surface area contributed by atoms with Gasteiger partial charge in [0.1, 0.15) is 0 Å². The molecule has 1 amide bonds. The summed E-state index contributed by atoms with van der Waals surface area (Å²) in [6.07, 6.45) is 1.80. The minimum atomic E-state index is 0.148. The first kappa shape index (κ1) is 16.1. The van der Waals surface area contributed by atoms with Gasteiger partial charge in [0.05, 0.1) is 0 Å². The van der Waals surface area contributed by atoms with Crippen molar-refractivity contribution >= 4 is 23.2 Å². The average Bonchev–Trinajstić information content (AvgIpc) is 2.53. The predicted octanol–water partition coefficient (Wildman–Crippen LogP) is 2.41. The molecule has 1 fully saturated rings. The van der Waals surface area contributed by atoms with E-state index in [0.717, 1.165) is 55.3 Å². The largest absolute Gasteiger partial charge is 0.371 e. The standard InChI is InChI=1S/C16H24ClN3O/c1-3-19-11-13-4-5-14(10-15(13)17)20-8-6-12(7-9-20)16(21)18-2/h4-5,10,12,19H,3,6-9,11H2,1-2H3,(H,18,21). The molecule has 1 saturated heterocycles. The van der Waals surface area contributed by atoms with Crippen molar-refractivity contribution in [2.24, 2.45) is 5.92 Å². The molecule has 2 rings (SSSR count). The van der Waals surface area contributed by atoms with Crippen LogP contribution in [0.2, 0.25) is 5.02 Å². The van der Waals surface area contributed by atoms with Gasteiger partial charge in [-0.2, -0.15) is 0 Å². The molecule has 0 atom stereocenters. The van der Waals surface area contributed by atoms with Crippen molar-refractivity contribution in [1.29, 1.82) is 0 Å². The van der Waals surface area contributed by atoms with Gasteiger partial charge in [-0.25, -0.2) is 0 Å². The number of rotatable bonds is 5. The summed E-state index contributed by atoms with van der Waals surface area (Å²) in [4.78, 5) is 14.0. The Morgan fingerprint density at radius 1 is 1.38 bits per heavy atom. The van der Waals surface area contributed by atoms with Gasteiger partial charge in [-0.15, -0.1) is 0 Å². The lowest BCUT2D eigenvalue weighted by Gasteiger charge is -2.33. The lowest BCUT2D eigenvalue weighted by atomic mass is 9.95. The van der Waals surface area contributed by atoms with Gasteiger partial charge in [-0.3, -0.25) is 4.79 Å². The molecule has 0 unspecified atom stereocenters. The summed E-state index contributed by atoms with van der Waals surface area (Å²) in [5.41, 5.74) is 2.28. The van der Waals surface area contributed by atoms with E-state index in [1.165, 1.54) is 0 Å². The molecule has 0 aliphatic carbocycles. The van der Waals surface area contributed by atoms with E-state index in [4.69, 9.17) is 11.6 Å². The van der Waals surface area contributed by atoms with Crippen LogP contribution in [0.3, 0.4) is 0 Å². The van der Waals surface area contributed by atoms with Crippen molar-refractivity contribution in [3.8, 4) is 0 Å². The lowest BCUT2D eigenvalue weighted by molar-refractivity contribution is -0.125. The van der Waals surface area contributed by atoms with Crippen LogP contribution < -0.4 is 15.5 Å². The summed E-state index contributed by atoms with van der Waals surface area (Å²) >= 11 is 6.36. The number of piperidine rings is 1. The number of benzene rings is 1. The van der Waals surface area contributed by atoms with Gasteiger partial charge in [0.15, 0.2) is 0 Å². The maximum Gasteiger partial charge on any atom is 0.222 e. The number of amides is 1. The molecule has 1 aromatic carbocycles. The SMILES string of the molecule is CCNCc1ccc(N2CCC(C(=O)NC)CC2)cc1Cl. The fourth-order valence-electron chi connectivity index (χ4n) is 2.74. The van der Waals surface area contributed by atoms with Crippen molar-refractivity contribution in [3.05, 3.63) is 28.8 Å². The highest BCUT2D eigenvalue weighted by Gasteiger charge is 2.24. The zero-order valence-electron chi connectivity index (χ0n) is 12.8. The van der Waals surface area contributed by atoms with Crippen molar-refractivity contribution in [3.63, 3.8) is 0 Å². The highest BCUT2D eigenvalue weighted by atomic mass is 35.5. The first-order valence-electron chi connectivity index (χ1n) is 7.61. The van der Waals surface area contributed by atoms with Crippen molar-refractivity contribution in [2.75, 3.05) is 31.6 Å². The van der Waals surface area contributed by atoms with Crippen LogP contribution in [-0.4, -0.2) is 32.6 Å². The smallest absolute Gasteiger partial charge is 0.222 e. The van der Waals surface area contributed by atoms with Crippen LogP contribution in [-0.2, 0) is 11.3 Å². The van der Waals surface area contributed by atoms with E-state index in [1.54, 1.807) is 7.05 Å². The molecule has 2 N–H and O–H groups in total. The second-order valence-corrected chi connectivity index (χ2v) is 5.84. The third-order valence-electron chi connectivity index (χ3n) is 4.08. The summed E-state index contributed by atoms with van der Waals surface area (Å²) in [5.74, 6) is 0.309. The fraction of sp³-hybridized carbons (Fsp3) is 0.562. The van der Waals surface area contributed by atoms with E-state index >= 15 is 0 Å². The van der Waals surface area contributed by atoms with Crippen LogP contribution in [0.5, 0.6) is 0 Å². The Bertz CT molecular complexity index is 484. The molecule has 1 aromatic rings. The van der Waals surface area contributed by atoms with Crippen molar-refractivity contribution in [2.45, 2.75) is 26.3 Å². The van der Waals surface area contributed by atoms with Gasteiger partial charge in [0, 0.05) is 43.3 Å². The van der Waals surface area contributed by atoms with Crippen LogP contribution >= 0.6 is 11.6 Å². The Labute approximate surface area is 131 Å². The van der Waals surface area contributed by atoms with Gasteiger partial charge in [0.25, 0.3) is 0 Å². The monoisotopic (exact) mass is 309 g/mol.